The van der Waals surface area contributed by atoms with Gasteiger partial charge in [-0.05, 0) is 50.3 Å². The molecule has 0 radical (unpaired) electrons. The first kappa shape index (κ1) is 12.4. The highest BCUT2D eigenvalue weighted by Crippen LogP contribution is 2.37. The SMILES string of the molecule is CC(N)c1ccc(N(C)C(C)C2CC2)c(F)c1. The summed E-state index contributed by atoms with van der Waals surface area (Å²) in [7, 11) is 1.97. The number of hydrogen-bond acceptors (Lipinski definition) is 2. The Morgan fingerprint density at radius 2 is 2.00 bits per heavy atom. The van der Waals surface area contributed by atoms with Gasteiger partial charge in [-0.1, -0.05) is 6.07 Å². The second-order valence-electron chi connectivity index (χ2n) is 5.19. The number of hydrogen-bond donors (Lipinski definition) is 1. The molecule has 0 spiro atoms. The predicted molar refractivity (Wildman–Crippen MR) is 69.6 cm³/mol. The van der Waals surface area contributed by atoms with E-state index in [9.17, 15) is 4.39 Å². The number of benzene rings is 1. The van der Waals surface area contributed by atoms with E-state index < -0.39 is 0 Å². The van der Waals surface area contributed by atoms with Crippen LogP contribution in [0.1, 0.15) is 38.3 Å². The minimum Gasteiger partial charge on any atom is -0.369 e. The van der Waals surface area contributed by atoms with Crippen molar-refractivity contribution in [1.82, 2.24) is 0 Å². The molecule has 0 aromatic heterocycles. The van der Waals surface area contributed by atoms with Crippen molar-refractivity contribution in [2.24, 2.45) is 11.7 Å². The van der Waals surface area contributed by atoms with E-state index in [1.54, 1.807) is 6.07 Å². The van der Waals surface area contributed by atoms with E-state index in [-0.39, 0.29) is 11.9 Å². The quantitative estimate of drug-likeness (QED) is 0.870. The fraction of sp³-hybridized carbons (Fsp3) is 0.571. The topological polar surface area (TPSA) is 29.3 Å². The molecule has 2 nitrogen and oxygen atoms in total. The first-order valence-electron chi connectivity index (χ1n) is 6.28. The van der Waals surface area contributed by atoms with Crippen LogP contribution in [0, 0.1) is 11.7 Å². The minimum atomic E-state index is -0.171. The van der Waals surface area contributed by atoms with Gasteiger partial charge in [0.05, 0.1) is 5.69 Å². The number of rotatable bonds is 4. The highest BCUT2D eigenvalue weighted by molar-refractivity contribution is 5.50. The van der Waals surface area contributed by atoms with Crippen LogP contribution in [0.3, 0.4) is 0 Å². The Morgan fingerprint density at radius 1 is 1.35 bits per heavy atom. The van der Waals surface area contributed by atoms with Gasteiger partial charge in [0.1, 0.15) is 5.82 Å². The smallest absolute Gasteiger partial charge is 0.146 e. The molecule has 1 saturated carbocycles. The third-order valence-corrected chi connectivity index (χ3v) is 3.79. The molecular formula is C14H21FN2. The molecule has 2 rings (SSSR count). The molecular weight excluding hydrogens is 215 g/mol. The van der Waals surface area contributed by atoms with Gasteiger partial charge in [0.25, 0.3) is 0 Å². The van der Waals surface area contributed by atoms with Crippen LogP contribution >= 0.6 is 0 Å². The molecule has 1 aliphatic carbocycles. The lowest BCUT2D eigenvalue weighted by molar-refractivity contribution is 0.574. The number of nitrogens with two attached hydrogens (primary N) is 1. The zero-order valence-electron chi connectivity index (χ0n) is 10.8. The van der Waals surface area contributed by atoms with Crippen LogP contribution in [0.15, 0.2) is 18.2 Å². The summed E-state index contributed by atoms with van der Waals surface area (Å²) < 4.78 is 14.0. The molecule has 2 unspecified atom stereocenters. The highest BCUT2D eigenvalue weighted by atomic mass is 19.1. The van der Waals surface area contributed by atoms with Crippen LogP contribution in [0.4, 0.5) is 10.1 Å². The van der Waals surface area contributed by atoms with E-state index in [4.69, 9.17) is 5.73 Å². The van der Waals surface area contributed by atoms with Gasteiger partial charge < -0.3 is 10.6 Å². The molecule has 0 amide bonds. The van der Waals surface area contributed by atoms with Gasteiger partial charge in [-0.3, -0.25) is 0 Å². The summed E-state index contributed by atoms with van der Waals surface area (Å²) in [6.07, 6.45) is 2.54. The maximum Gasteiger partial charge on any atom is 0.146 e. The molecule has 2 atom stereocenters. The Morgan fingerprint density at radius 3 is 2.47 bits per heavy atom. The summed E-state index contributed by atoms with van der Waals surface area (Å²) in [5, 5.41) is 0. The first-order valence-corrected chi connectivity index (χ1v) is 6.28. The van der Waals surface area contributed by atoms with Gasteiger partial charge in [0.15, 0.2) is 0 Å². The fourth-order valence-corrected chi connectivity index (χ4v) is 2.21. The number of anilines is 1. The largest absolute Gasteiger partial charge is 0.369 e. The van der Waals surface area contributed by atoms with Crippen LogP contribution in [-0.2, 0) is 0 Å². The van der Waals surface area contributed by atoms with Crippen molar-refractivity contribution in [3.8, 4) is 0 Å². The fourth-order valence-electron chi connectivity index (χ4n) is 2.21. The predicted octanol–water partition coefficient (Wildman–Crippen LogP) is 3.08. The second-order valence-corrected chi connectivity index (χ2v) is 5.19. The Kier molecular flexibility index (Phi) is 3.38. The lowest BCUT2D eigenvalue weighted by Crippen LogP contribution is -2.31. The summed E-state index contributed by atoms with van der Waals surface area (Å²) in [6.45, 7) is 4.03. The van der Waals surface area contributed by atoms with Gasteiger partial charge >= 0.3 is 0 Å². The Bertz CT molecular complexity index is 399. The molecule has 17 heavy (non-hydrogen) atoms. The molecule has 0 aliphatic heterocycles. The average molecular weight is 236 g/mol. The number of nitrogens with zero attached hydrogens (tertiary/aromatic N) is 1. The van der Waals surface area contributed by atoms with Crippen LogP contribution in [0.2, 0.25) is 0 Å². The van der Waals surface area contributed by atoms with Crippen LogP contribution in [-0.4, -0.2) is 13.1 Å². The zero-order valence-corrected chi connectivity index (χ0v) is 10.8. The lowest BCUT2D eigenvalue weighted by atomic mass is 10.1. The average Bonchev–Trinajstić information content (AvgIpc) is 3.10. The Balaban J connectivity index is 2.20. The van der Waals surface area contributed by atoms with Gasteiger partial charge in [-0.25, -0.2) is 4.39 Å². The van der Waals surface area contributed by atoms with Crippen LogP contribution in [0.5, 0.6) is 0 Å². The van der Waals surface area contributed by atoms with E-state index in [0.29, 0.717) is 11.7 Å². The van der Waals surface area contributed by atoms with Crippen molar-refractivity contribution in [1.29, 1.82) is 0 Å². The lowest BCUT2D eigenvalue weighted by Gasteiger charge is -2.27. The molecule has 1 aromatic carbocycles. The molecule has 1 aliphatic rings. The second kappa shape index (κ2) is 4.65. The van der Waals surface area contributed by atoms with Crippen molar-refractivity contribution in [2.45, 2.75) is 38.8 Å². The third kappa shape index (κ3) is 2.60. The molecule has 94 valence electrons. The standard InChI is InChI=1S/C14H21FN2/c1-9(16)12-6-7-14(13(15)8-12)17(3)10(2)11-4-5-11/h6-11H,4-5,16H2,1-3H3. The monoisotopic (exact) mass is 236 g/mol. The summed E-state index contributed by atoms with van der Waals surface area (Å²) in [5.41, 5.74) is 7.27. The van der Waals surface area contributed by atoms with Crippen LogP contribution < -0.4 is 10.6 Å². The van der Waals surface area contributed by atoms with E-state index in [2.05, 4.69) is 6.92 Å². The normalized spacial score (nSPS) is 18.9. The molecule has 2 N–H and O–H groups in total. The molecule has 3 heteroatoms. The third-order valence-electron chi connectivity index (χ3n) is 3.79. The van der Waals surface area contributed by atoms with E-state index in [0.717, 1.165) is 11.5 Å². The Hall–Kier alpha value is -1.09. The van der Waals surface area contributed by atoms with Crippen molar-refractivity contribution in [3.63, 3.8) is 0 Å². The molecule has 1 fully saturated rings. The summed E-state index contributed by atoms with van der Waals surface area (Å²) >= 11 is 0. The van der Waals surface area contributed by atoms with Crippen molar-refractivity contribution in [3.05, 3.63) is 29.6 Å². The summed E-state index contributed by atoms with van der Waals surface area (Å²) in [5.74, 6) is 0.558. The van der Waals surface area contributed by atoms with Crippen molar-refractivity contribution >= 4 is 5.69 Å². The maximum absolute atomic E-state index is 14.0. The summed E-state index contributed by atoms with van der Waals surface area (Å²) in [6, 6.07) is 5.60. The van der Waals surface area contributed by atoms with Crippen LogP contribution in [0.25, 0.3) is 0 Å². The summed E-state index contributed by atoms with van der Waals surface area (Å²) in [4.78, 5) is 2.04. The molecule has 1 aromatic rings. The highest BCUT2D eigenvalue weighted by Gasteiger charge is 2.31. The van der Waals surface area contributed by atoms with Gasteiger partial charge in [0.2, 0.25) is 0 Å². The van der Waals surface area contributed by atoms with Crippen molar-refractivity contribution < 1.29 is 4.39 Å². The van der Waals surface area contributed by atoms with E-state index >= 15 is 0 Å². The zero-order chi connectivity index (χ0) is 12.6. The first-order chi connectivity index (χ1) is 8.00. The Labute approximate surface area is 103 Å². The van der Waals surface area contributed by atoms with Gasteiger partial charge in [0, 0.05) is 19.1 Å². The molecule has 0 heterocycles. The minimum absolute atomic E-state index is 0.121. The molecule has 0 bridgehead atoms. The van der Waals surface area contributed by atoms with E-state index in [1.165, 1.54) is 12.8 Å². The van der Waals surface area contributed by atoms with Gasteiger partial charge in [-0.15, -0.1) is 0 Å². The van der Waals surface area contributed by atoms with Gasteiger partial charge in [-0.2, -0.15) is 0 Å². The maximum atomic E-state index is 14.0. The van der Waals surface area contributed by atoms with E-state index in [1.807, 2.05) is 31.0 Å². The number of halogens is 1. The molecule has 0 saturated heterocycles. The van der Waals surface area contributed by atoms with Crippen molar-refractivity contribution in [2.75, 3.05) is 11.9 Å².